The Labute approximate surface area is 117 Å². The number of aromatic nitrogens is 2. The summed E-state index contributed by atoms with van der Waals surface area (Å²) in [7, 11) is 0. The van der Waals surface area contributed by atoms with Gasteiger partial charge in [0.05, 0.1) is 27.8 Å². The normalized spacial score (nSPS) is 20.9. The third kappa shape index (κ3) is 2.76. The van der Waals surface area contributed by atoms with Gasteiger partial charge in [-0.05, 0) is 49.2 Å². The molecule has 1 aliphatic heterocycles. The molecule has 1 unspecified atom stereocenters. The van der Waals surface area contributed by atoms with Crippen molar-refractivity contribution >= 4 is 15.9 Å². The summed E-state index contributed by atoms with van der Waals surface area (Å²) in [5, 5.41) is 13.5. The molecule has 0 aromatic carbocycles. The molecular weight excluding hydrogens is 292 g/mol. The summed E-state index contributed by atoms with van der Waals surface area (Å²) in [6, 6.07) is 2.39. The molecule has 1 aromatic rings. The Morgan fingerprint density at radius 2 is 2.33 bits per heavy atom. The lowest BCUT2D eigenvalue weighted by Gasteiger charge is -2.29. The molecule has 0 bridgehead atoms. The van der Waals surface area contributed by atoms with Crippen molar-refractivity contribution in [2.45, 2.75) is 39.8 Å². The fourth-order valence-electron chi connectivity index (χ4n) is 2.54. The average Bonchev–Trinajstić information content (AvgIpc) is 2.67. The van der Waals surface area contributed by atoms with Gasteiger partial charge in [-0.2, -0.15) is 10.4 Å². The van der Waals surface area contributed by atoms with E-state index in [-0.39, 0.29) is 5.92 Å². The van der Waals surface area contributed by atoms with Crippen LogP contribution in [0, 0.1) is 24.2 Å². The predicted molar refractivity (Wildman–Crippen MR) is 74.0 cm³/mol. The number of piperidine rings is 1. The van der Waals surface area contributed by atoms with Gasteiger partial charge in [0.25, 0.3) is 0 Å². The Bertz CT molecular complexity index is 460. The minimum Gasteiger partial charge on any atom is -0.296 e. The van der Waals surface area contributed by atoms with Crippen LogP contribution in [0.3, 0.4) is 0 Å². The SMILES string of the molecule is CCn1nc(C)c(Br)c1CN1CCCC(C#N)C1. The molecule has 1 fully saturated rings. The highest BCUT2D eigenvalue weighted by Gasteiger charge is 2.22. The molecule has 0 saturated carbocycles. The van der Waals surface area contributed by atoms with Crippen LogP contribution in [-0.4, -0.2) is 27.8 Å². The van der Waals surface area contributed by atoms with Gasteiger partial charge in [-0.15, -0.1) is 0 Å². The van der Waals surface area contributed by atoms with Crippen molar-refractivity contribution in [3.05, 3.63) is 15.9 Å². The summed E-state index contributed by atoms with van der Waals surface area (Å²) >= 11 is 3.63. The smallest absolute Gasteiger partial charge is 0.0739 e. The minimum atomic E-state index is 0.191. The summed E-state index contributed by atoms with van der Waals surface area (Å²) in [5.74, 6) is 0.191. The summed E-state index contributed by atoms with van der Waals surface area (Å²) < 4.78 is 3.17. The van der Waals surface area contributed by atoms with Gasteiger partial charge in [0, 0.05) is 19.6 Å². The molecule has 1 aliphatic rings. The third-order valence-electron chi connectivity index (χ3n) is 3.51. The fraction of sp³-hybridized carbons (Fsp3) is 0.692. The number of hydrogen-bond donors (Lipinski definition) is 0. The van der Waals surface area contributed by atoms with Gasteiger partial charge in [0.2, 0.25) is 0 Å². The standard InChI is InChI=1S/C13H19BrN4/c1-3-18-12(13(14)10(2)16-18)9-17-6-4-5-11(7-15)8-17/h11H,3-6,8-9H2,1-2H3. The van der Waals surface area contributed by atoms with Crippen molar-refractivity contribution in [2.24, 2.45) is 5.92 Å². The van der Waals surface area contributed by atoms with Crippen molar-refractivity contribution in [1.29, 1.82) is 5.26 Å². The molecule has 0 aliphatic carbocycles. The maximum atomic E-state index is 9.03. The first-order valence-corrected chi connectivity index (χ1v) is 7.28. The first-order chi connectivity index (χ1) is 8.65. The van der Waals surface area contributed by atoms with Crippen LogP contribution < -0.4 is 0 Å². The van der Waals surface area contributed by atoms with Gasteiger partial charge < -0.3 is 0 Å². The number of rotatable bonds is 3. The summed E-state index contributed by atoms with van der Waals surface area (Å²) in [6.07, 6.45) is 2.16. The zero-order chi connectivity index (χ0) is 13.1. The van der Waals surface area contributed by atoms with Gasteiger partial charge in [-0.1, -0.05) is 0 Å². The Hall–Kier alpha value is -0.860. The number of hydrogen-bond acceptors (Lipinski definition) is 3. The van der Waals surface area contributed by atoms with Gasteiger partial charge in [-0.25, -0.2) is 0 Å². The van der Waals surface area contributed by atoms with Crippen molar-refractivity contribution in [3.63, 3.8) is 0 Å². The highest BCUT2D eigenvalue weighted by Crippen LogP contribution is 2.24. The molecule has 0 amide bonds. The van der Waals surface area contributed by atoms with Gasteiger partial charge in [0.15, 0.2) is 0 Å². The second-order valence-corrected chi connectivity index (χ2v) is 5.66. The molecule has 2 heterocycles. The largest absolute Gasteiger partial charge is 0.296 e. The maximum absolute atomic E-state index is 9.03. The first kappa shape index (κ1) is 13.6. The van der Waals surface area contributed by atoms with E-state index in [1.54, 1.807) is 0 Å². The van der Waals surface area contributed by atoms with Crippen LogP contribution in [0.25, 0.3) is 0 Å². The molecule has 0 spiro atoms. The highest BCUT2D eigenvalue weighted by molar-refractivity contribution is 9.10. The molecule has 1 atom stereocenters. The average molecular weight is 311 g/mol. The van der Waals surface area contributed by atoms with E-state index in [9.17, 15) is 0 Å². The van der Waals surface area contributed by atoms with Crippen molar-refractivity contribution in [3.8, 4) is 6.07 Å². The van der Waals surface area contributed by atoms with E-state index in [1.807, 2.05) is 6.92 Å². The Balaban J connectivity index is 2.11. The van der Waals surface area contributed by atoms with Crippen molar-refractivity contribution < 1.29 is 0 Å². The summed E-state index contributed by atoms with van der Waals surface area (Å²) in [4.78, 5) is 2.37. The Morgan fingerprint density at radius 3 is 3.00 bits per heavy atom. The van der Waals surface area contributed by atoms with Crippen LogP contribution in [0.4, 0.5) is 0 Å². The van der Waals surface area contributed by atoms with Gasteiger partial charge >= 0.3 is 0 Å². The monoisotopic (exact) mass is 310 g/mol. The van der Waals surface area contributed by atoms with Crippen molar-refractivity contribution in [2.75, 3.05) is 13.1 Å². The maximum Gasteiger partial charge on any atom is 0.0739 e. The molecule has 4 nitrogen and oxygen atoms in total. The quantitative estimate of drug-likeness (QED) is 0.862. The topological polar surface area (TPSA) is 44.9 Å². The van der Waals surface area contributed by atoms with Gasteiger partial charge in [0.1, 0.15) is 0 Å². The summed E-state index contributed by atoms with van der Waals surface area (Å²) in [5.41, 5.74) is 2.27. The number of aryl methyl sites for hydroxylation is 2. The van der Waals surface area contributed by atoms with Crippen LogP contribution >= 0.6 is 15.9 Å². The van der Waals surface area contributed by atoms with Crippen LogP contribution in [0.5, 0.6) is 0 Å². The summed E-state index contributed by atoms with van der Waals surface area (Å²) in [6.45, 7) is 7.87. The lowest BCUT2D eigenvalue weighted by molar-refractivity contribution is 0.187. The molecule has 18 heavy (non-hydrogen) atoms. The fourth-order valence-corrected chi connectivity index (χ4v) is 2.95. The van der Waals surface area contributed by atoms with E-state index < -0.39 is 0 Å². The van der Waals surface area contributed by atoms with Gasteiger partial charge in [-0.3, -0.25) is 9.58 Å². The van der Waals surface area contributed by atoms with E-state index in [0.29, 0.717) is 0 Å². The van der Waals surface area contributed by atoms with Crippen LogP contribution in [0.1, 0.15) is 31.2 Å². The lowest BCUT2D eigenvalue weighted by atomic mass is 10.00. The Kier molecular flexibility index (Phi) is 4.41. The van der Waals surface area contributed by atoms with E-state index in [1.165, 1.54) is 5.69 Å². The molecule has 1 aromatic heterocycles. The molecule has 0 N–H and O–H groups in total. The number of nitrogens with zero attached hydrogens (tertiary/aromatic N) is 4. The van der Waals surface area contributed by atoms with E-state index in [2.05, 4.69) is 43.6 Å². The zero-order valence-electron chi connectivity index (χ0n) is 11.0. The van der Waals surface area contributed by atoms with Crippen molar-refractivity contribution in [1.82, 2.24) is 14.7 Å². The molecule has 5 heteroatoms. The van der Waals surface area contributed by atoms with Crippen LogP contribution in [0.2, 0.25) is 0 Å². The number of likely N-dealkylation sites (tertiary alicyclic amines) is 1. The van der Waals surface area contributed by atoms with Crippen LogP contribution in [-0.2, 0) is 13.1 Å². The third-order valence-corrected chi connectivity index (χ3v) is 4.55. The second-order valence-electron chi connectivity index (χ2n) is 4.87. The first-order valence-electron chi connectivity index (χ1n) is 6.49. The second kappa shape index (κ2) is 5.85. The number of halogens is 1. The number of nitriles is 1. The molecule has 2 rings (SSSR count). The Morgan fingerprint density at radius 1 is 1.56 bits per heavy atom. The zero-order valence-corrected chi connectivity index (χ0v) is 12.6. The molecule has 0 radical (unpaired) electrons. The predicted octanol–water partition coefficient (Wildman–Crippen LogP) is 2.71. The molecular formula is C13H19BrN4. The van der Waals surface area contributed by atoms with E-state index in [4.69, 9.17) is 5.26 Å². The lowest BCUT2D eigenvalue weighted by Crippen LogP contribution is -2.35. The van der Waals surface area contributed by atoms with E-state index in [0.717, 1.165) is 49.2 Å². The minimum absolute atomic E-state index is 0.191. The molecule has 98 valence electrons. The van der Waals surface area contributed by atoms with E-state index >= 15 is 0 Å². The molecule has 1 saturated heterocycles. The highest BCUT2D eigenvalue weighted by atomic mass is 79.9. The van der Waals surface area contributed by atoms with Crippen LogP contribution in [0.15, 0.2) is 4.47 Å².